The minimum atomic E-state index is -0.515. The van der Waals surface area contributed by atoms with Gasteiger partial charge in [-0.15, -0.1) is 0 Å². The maximum absolute atomic E-state index is 6.50. The van der Waals surface area contributed by atoms with E-state index < -0.39 is 11.6 Å². The average Bonchev–Trinajstić information content (AvgIpc) is 2.82. The molecule has 0 aliphatic carbocycles. The molecule has 234 valence electrons. The first-order valence-electron chi connectivity index (χ1n) is 15.4. The van der Waals surface area contributed by atoms with E-state index in [0.29, 0.717) is 52.9 Å². The van der Waals surface area contributed by atoms with Crippen LogP contribution in [0.25, 0.3) is 0 Å². The van der Waals surface area contributed by atoms with Gasteiger partial charge in [-0.3, -0.25) is 9.80 Å². The van der Waals surface area contributed by atoms with Gasteiger partial charge in [0.15, 0.2) is 11.6 Å². The Kier molecular flexibility index (Phi) is 8.71. The lowest BCUT2D eigenvalue weighted by Gasteiger charge is -2.59. The van der Waals surface area contributed by atoms with Crippen molar-refractivity contribution in [3.8, 4) is 0 Å². The minimum Gasteiger partial charge on any atom is -0.378 e. The lowest BCUT2D eigenvalue weighted by molar-refractivity contribution is -0.344. The number of hydrogen-bond donors (Lipinski definition) is 0. The smallest absolute Gasteiger partial charge is 0.171 e. The van der Waals surface area contributed by atoms with Crippen LogP contribution in [-0.2, 0) is 28.4 Å². The number of rotatable bonds is 7. The normalized spacial score (nSPS) is 31.8. The van der Waals surface area contributed by atoms with Crippen molar-refractivity contribution in [2.75, 3.05) is 67.0 Å². The highest BCUT2D eigenvalue weighted by Gasteiger charge is 2.56. The van der Waals surface area contributed by atoms with Crippen LogP contribution in [0.1, 0.15) is 94.9 Å². The van der Waals surface area contributed by atoms with E-state index in [9.17, 15) is 0 Å². The van der Waals surface area contributed by atoms with Crippen molar-refractivity contribution in [2.24, 2.45) is 10.8 Å². The van der Waals surface area contributed by atoms with Gasteiger partial charge in [0.05, 0.1) is 52.9 Å². The molecule has 0 aromatic carbocycles. The molecule has 0 saturated carbocycles. The van der Waals surface area contributed by atoms with Crippen LogP contribution < -0.4 is 0 Å². The lowest BCUT2D eigenvalue weighted by atomic mass is 9.75. The Labute approximate surface area is 244 Å². The van der Waals surface area contributed by atoms with E-state index >= 15 is 0 Å². The van der Waals surface area contributed by atoms with E-state index in [1.807, 2.05) is 0 Å². The predicted octanol–water partition coefficient (Wildman–Crippen LogP) is 5.08. The third kappa shape index (κ3) is 6.75. The Balaban J connectivity index is 1.16. The Morgan fingerprint density at radius 1 is 0.475 bits per heavy atom. The average molecular weight is 569 g/mol. The summed E-state index contributed by atoms with van der Waals surface area (Å²) >= 11 is 0. The molecule has 4 aliphatic heterocycles. The van der Waals surface area contributed by atoms with Crippen molar-refractivity contribution in [3.05, 3.63) is 0 Å². The molecule has 4 rings (SSSR count). The van der Waals surface area contributed by atoms with Crippen molar-refractivity contribution >= 4 is 0 Å². The van der Waals surface area contributed by atoms with Crippen LogP contribution in [0.5, 0.6) is 0 Å². The van der Waals surface area contributed by atoms with Crippen molar-refractivity contribution in [1.29, 1.82) is 0 Å². The van der Waals surface area contributed by atoms with E-state index in [1.54, 1.807) is 0 Å². The van der Waals surface area contributed by atoms with Crippen LogP contribution in [0.3, 0.4) is 0 Å². The highest BCUT2D eigenvalue weighted by atomic mass is 16.7. The lowest BCUT2D eigenvalue weighted by Crippen LogP contribution is -2.67. The van der Waals surface area contributed by atoms with E-state index in [1.165, 1.54) is 0 Å². The van der Waals surface area contributed by atoms with E-state index in [4.69, 9.17) is 28.4 Å². The summed E-state index contributed by atoms with van der Waals surface area (Å²) in [6, 6.07) is 0. The Hall–Kier alpha value is -0.320. The maximum Gasteiger partial charge on any atom is 0.171 e. The van der Waals surface area contributed by atoms with Crippen LogP contribution in [-0.4, -0.2) is 110 Å². The standard InChI is InChI=1S/C32H60N2O6/c1-25(2)15-31(16-26(3,4)33(25)11)37-21-29(9,22-38-31)19-35-13-14-36-20-30(10)23-39-32(40-24-30)17-27(5,6)34(12)28(7,8)18-32/h13-24H2,1-12H3. The van der Waals surface area contributed by atoms with Crippen LogP contribution in [0, 0.1) is 10.8 Å². The second-order valence-electron chi connectivity index (χ2n) is 16.8. The van der Waals surface area contributed by atoms with Gasteiger partial charge in [0.1, 0.15) is 0 Å². The largest absolute Gasteiger partial charge is 0.378 e. The molecule has 2 spiro atoms. The second kappa shape index (κ2) is 10.7. The Morgan fingerprint density at radius 3 is 0.975 bits per heavy atom. The fourth-order valence-electron chi connectivity index (χ4n) is 7.59. The van der Waals surface area contributed by atoms with Crippen LogP contribution in [0.4, 0.5) is 0 Å². The molecular formula is C32H60N2O6. The topological polar surface area (TPSA) is 61.9 Å². The van der Waals surface area contributed by atoms with E-state index in [2.05, 4.69) is 93.1 Å². The molecule has 8 nitrogen and oxygen atoms in total. The minimum absolute atomic E-state index is 0.00919. The monoisotopic (exact) mass is 568 g/mol. The van der Waals surface area contributed by atoms with Gasteiger partial charge in [-0.05, 0) is 69.5 Å². The zero-order chi connectivity index (χ0) is 29.9. The molecule has 0 aromatic heterocycles. The van der Waals surface area contributed by atoms with Gasteiger partial charge < -0.3 is 28.4 Å². The molecule has 0 atom stereocenters. The molecule has 0 N–H and O–H groups in total. The van der Waals surface area contributed by atoms with Crippen molar-refractivity contribution in [3.63, 3.8) is 0 Å². The molecule has 0 radical (unpaired) electrons. The highest BCUT2D eigenvalue weighted by Crippen LogP contribution is 2.49. The molecule has 4 fully saturated rings. The molecule has 40 heavy (non-hydrogen) atoms. The van der Waals surface area contributed by atoms with Crippen molar-refractivity contribution < 1.29 is 28.4 Å². The molecule has 0 unspecified atom stereocenters. The summed E-state index contributed by atoms with van der Waals surface area (Å²) in [5.74, 6) is -1.03. The van der Waals surface area contributed by atoms with Gasteiger partial charge in [-0.1, -0.05) is 13.8 Å². The van der Waals surface area contributed by atoms with Gasteiger partial charge >= 0.3 is 0 Å². The van der Waals surface area contributed by atoms with Gasteiger partial charge in [-0.25, -0.2) is 0 Å². The number of nitrogens with zero attached hydrogens (tertiary/aromatic N) is 2. The summed E-state index contributed by atoms with van der Waals surface area (Å²) in [6.07, 6.45) is 3.46. The first-order chi connectivity index (χ1) is 18.2. The first-order valence-corrected chi connectivity index (χ1v) is 15.4. The van der Waals surface area contributed by atoms with Gasteiger partial charge in [0.25, 0.3) is 0 Å². The summed E-state index contributed by atoms with van der Waals surface area (Å²) < 4.78 is 38.1. The number of piperidine rings is 2. The molecular weight excluding hydrogens is 508 g/mol. The van der Waals surface area contributed by atoms with Crippen molar-refractivity contribution in [2.45, 2.75) is 129 Å². The summed E-state index contributed by atoms with van der Waals surface area (Å²) in [6.45, 7) is 27.4. The van der Waals surface area contributed by atoms with E-state index in [-0.39, 0.29) is 33.0 Å². The molecule has 4 aliphatic rings. The third-order valence-corrected chi connectivity index (χ3v) is 10.4. The second-order valence-corrected chi connectivity index (χ2v) is 16.8. The van der Waals surface area contributed by atoms with Crippen LogP contribution in [0.15, 0.2) is 0 Å². The Morgan fingerprint density at radius 2 is 0.725 bits per heavy atom. The number of hydrogen-bond acceptors (Lipinski definition) is 8. The molecule has 8 heteroatoms. The summed E-state index contributed by atoms with van der Waals surface area (Å²) in [5, 5.41) is 0. The van der Waals surface area contributed by atoms with Crippen LogP contribution in [0.2, 0.25) is 0 Å². The number of likely N-dealkylation sites (tertiary alicyclic amines) is 2. The maximum atomic E-state index is 6.50. The fourth-order valence-corrected chi connectivity index (χ4v) is 7.59. The number of ether oxygens (including phenoxy) is 6. The van der Waals surface area contributed by atoms with Gasteiger partial charge in [0, 0.05) is 58.7 Å². The summed E-state index contributed by atoms with van der Waals surface area (Å²) in [5.41, 5.74) is -0.289. The van der Waals surface area contributed by atoms with E-state index in [0.717, 1.165) is 25.7 Å². The predicted molar refractivity (Wildman–Crippen MR) is 157 cm³/mol. The molecule has 4 heterocycles. The molecule has 0 amide bonds. The van der Waals surface area contributed by atoms with Crippen LogP contribution >= 0.6 is 0 Å². The molecule has 0 bridgehead atoms. The zero-order valence-corrected chi connectivity index (χ0v) is 27.8. The highest BCUT2D eigenvalue weighted by molar-refractivity contribution is 5.05. The SMILES string of the molecule is CN1C(C)(C)CC2(CC1(C)C)OCC(C)(COCCOCC1(C)COC3(CC(C)(C)N(C)C(C)(C)C3)OC1)CO2. The Bertz CT molecular complexity index is 772. The first kappa shape index (κ1) is 32.6. The van der Waals surface area contributed by atoms with Gasteiger partial charge in [-0.2, -0.15) is 0 Å². The molecule has 4 saturated heterocycles. The fraction of sp³-hybridized carbons (Fsp3) is 1.00. The van der Waals surface area contributed by atoms with Crippen molar-refractivity contribution in [1.82, 2.24) is 9.80 Å². The summed E-state index contributed by atoms with van der Waals surface area (Å²) in [4.78, 5) is 4.91. The quantitative estimate of drug-likeness (QED) is 0.394. The zero-order valence-electron chi connectivity index (χ0n) is 27.8. The summed E-state index contributed by atoms with van der Waals surface area (Å²) in [7, 11) is 4.41. The molecule has 0 aromatic rings. The third-order valence-electron chi connectivity index (χ3n) is 10.4. The van der Waals surface area contributed by atoms with Gasteiger partial charge in [0.2, 0.25) is 0 Å².